The fourth-order valence-electron chi connectivity index (χ4n) is 0.210. The molecular weight excluding hydrogens is 432 g/mol. The third kappa shape index (κ3) is 3.30. The first-order chi connectivity index (χ1) is 4.96. The summed E-state index contributed by atoms with van der Waals surface area (Å²) in [6.45, 7) is 0. The molecule has 0 aromatic carbocycles. The van der Waals surface area contributed by atoms with Crippen LogP contribution in [0.5, 0.6) is 0 Å². The topological polar surface area (TPSA) is 34.1 Å². The smallest absolute Gasteiger partial charge is 0.217 e. The maximum atomic E-state index is 11.2. The number of hydrogen-bond acceptors (Lipinski definition) is 2. The summed E-state index contributed by atoms with van der Waals surface area (Å²) in [5, 5.41) is 0. The van der Waals surface area contributed by atoms with Crippen molar-refractivity contribution < 1.29 is 8.42 Å². The summed E-state index contributed by atoms with van der Waals surface area (Å²) < 4.78 is 22.5. The van der Waals surface area contributed by atoms with Gasteiger partial charge in [-0.05, 0) is 31.9 Å². The van der Waals surface area contributed by atoms with Crippen molar-refractivity contribution in [2.75, 3.05) is 0 Å². The van der Waals surface area contributed by atoms with E-state index in [4.69, 9.17) is 0 Å². The number of halogens is 4. The Kier molecular flexibility index (Phi) is 5.79. The zero-order chi connectivity index (χ0) is 9.07. The van der Waals surface area contributed by atoms with Gasteiger partial charge in [-0.25, -0.2) is 8.42 Å². The van der Waals surface area contributed by atoms with Gasteiger partial charge in [-0.1, -0.05) is 31.9 Å². The van der Waals surface area contributed by atoms with Gasteiger partial charge in [-0.3, -0.25) is 0 Å². The highest BCUT2D eigenvalue weighted by Crippen LogP contribution is 2.28. The normalized spacial score (nSPS) is 15.3. The van der Waals surface area contributed by atoms with Gasteiger partial charge in [0.1, 0.15) is 7.63 Å². The molecule has 0 aromatic heterocycles. The van der Waals surface area contributed by atoms with E-state index in [2.05, 4.69) is 63.7 Å². The predicted molar refractivity (Wildman–Crippen MR) is 60.8 cm³/mol. The van der Waals surface area contributed by atoms with Crippen LogP contribution in [0, 0.1) is 0 Å². The first-order valence-corrected chi connectivity index (χ1v) is 7.03. The van der Waals surface area contributed by atoms with Gasteiger partial charge in [0, 0.05) is 9.97 Å². The molecule has 7 heteroatoms. The van der Waals surface area contributed by atoms with Gasteiger partial charge in [0.2, 0.25) is 9.84 Å². The van der Waals surface area contributed by atoms with E-state index in [1.54, 1.807) is 0 Å². The Labute approximate surface area is 98.6 Å². The molecule has 0 spiro atoms. The molecule has 0 radical (unpaired) electrons. The van der Waals surface area contributed by atoms with Crippen molar-refractivity contribution in [2.24, 2.45) is 0 Å². The number of rotatable bonds is 2. The van der Waals surface area contributed by atoms with Crippen molar-refractivity contribution in [3.63, 3.8) is 0 Å². The van der Waals surface area contributed by atoms with Crippen LogP contribution in [0.3, 0.4) is 0 Å². The summed E-state index contributed by atoms with van der Waals surface area (Å²) >= 11 is 11.5. The second-order valence-electron chi connectivity index (χ2n) is 1.33. The van der Waals surface area contributed by atoms with Gasteiger partial charge < -0.3 is 0 Å². The maximum Gasteiger partial charge on any atom is 0.220 e. The molecule has 64 valence electrons. The summed E-state index contributed by atoms with van der Waals surface area (Å²) in [6, 6.07) is 0. The summed E-state index contributed by atoms with van der Waals surface area (Å²) in [4.78, 5) is 2.56. The van der Waals surface area contributed by atoms with Gasteiger partial charge in [0.15, 0.2) is 0 Å². The Morgan fingerprint density at radius 3 is 1.45 bits per heavy atom. The lowest BCUT2D eigenvalue weighted by Gasteiger charge is -1.97. The van der Waals surface area contributed by atoms with E-state index in [0.717, 1.165) is 0 Å². The summed E-state index contributed by atoms with van der Waals surface area (Å²) in [5.74, 6) is 0. The first kappa shape index (κ1) is 12.3. The predicted octanol–water partition coefficient (Wildman–Crippen LogP) is 3.58. The Morgan fingerprint density at radius 2 is 1.27 bits per heavy atom. The standard InChI is InChI=1S/C4H2Br4O2S/c5-1-3(7)11(9,10)4(8)2-6/h1-2H. The molecule has 0 saturated carbocycles. The second-order valence-corrected chi connectivity index (χ2v) is 6.89. The van der Waals surface area contributed by atoms with Crippen LogP contribution in [0.2, 0.25) is 0 Å². The lowest BCUT2D eigenvalue weighted by atomic mass is 11.2. The van der Waals surface area contributed by atoms with E-state index in [0.29, 0.717) is 0 Å². The molecule has 11 heavy (non-hydrogen) atoms. The highest BCUT2D eigenvalue weighted by atomic mass is 79.9. The Morgan fingerprint density at radius 1 is 1.00 bits per heavy atom. The van der Waals surface area contributed by atoms with E-state index in [1.165, 1.54) is 9.97 Å². The number of sulfone groups is 1. The SMILES string of the molecule is O=S(=O)(C(Br)=CBr)C(Br)=CBr. The van der Waals surface area contributed by atoms with E-state index in [1.807, 2.05) is 0 Å². The molecule has 0 aliphatic carbocycles. The minimum absolute atomic E-state index is 0.0626. The Bertz CT molecular complexity index is 265. The quantitative estimate of drug-likeness (QED) is 0.667. The molecule has 0 aliphatic rings. The van der Waals surface area contributed by atoms with Crippen molar-refractivity contribution in [3.05, 3.63) is 17.6 Å². The third-order valence-electron chi connectivity index (χ3n) is 0.685. The number of hydrogen-bond donors (Lipinski definition) is 0. The zero-order valence-electron chi connectivity index (χ0n) is 4.89. The van der Waals surface area contributed by atoms with Crippen LogP contribution in [0.25, 0.3) is 0 Å². The van der Waals surface area contributed by atoms with Gasteiger partial charge >= 0.3 is 0 Å². The minimum Gasteiger partial charge on any atom is -0.217 e. The fraction of sp³-hybridized carbons (Fsp3) is 0. The van der Waals surface area contributed by atoms with Crippen molar-refractivity contribution in [3.8, 4) is 0 Å². The summed E-state index contributed by atoms with van der Waals surface area (Å²) in [5.41, 5.74) is 0. The van der Waals surface area contributed by atoms with E-state index >= 15 is 0 Å². The summed E-state index contributed by atoms with van der Waals surface area (Å²) in [7, 11) is -3.38. The molecule has 0 aliphatic heterocycles. The van der Waals surface area contributed by atoms with Crippen LogP contribution >= 0.6 is 63.7 Å². The molecule has 0 aromatic rings. The van der Waals surface area contributed by atoms with Crippen LogP contribution < -0.4 is 0 Å². The van der Waals surface area contributed by atoms with E-state index in [-0.39, 0.29) is 7.63 Å². The van der Waals surface area contributed by atoms with Crippen molar-refractivity contribution >= 4 is 73.6 Å². The molecule has 0 atom stereocenters. The van der Waals surface area contributed by atoms with Crippen molar-refractivity contribution in [2.45, 2.75) is 0 Å². The molecule has 2 nitrogen and oxygen atoms in total. The monoisotopic (exact) mass is 430 g/mol. The van der Waals surface area contributed by atoms with Gasteiger partial charge in [-0.15, -0.1) is 0 Å². The second kappa shape index (κ2) is 5.16. The molecule has 0 saturated heterocycles. The van der Waals surface area contributed by atoms with Crippen molar-refractivity contribution in [1.82, 2.24) is 0 Å². The molecule has 0 N–H and O–H groups in total. The highest BCUT2D eigenvalue weighted by Gasteiger charge is 2.18. The van der Waals surface area contributed by atoms with Gasteiger partial charge in [0.25, 0.3) is 0 Å². The minimum atomic E-state index is -3.38. The van der Waals surface area contributed by atoms with E-state index in [9.17, 15) is 8.42 Å². The van der Waals surface area contributed by atoms with Crippen LogP contribution in [-0.4, -0.2) is 8.42 Å². The van der Waals surface area contributed by atoms with E-state index < -0.39 is 9.84 Å². The van der Waals surface area contributed by atoms with Crippen LogP contribution in [-0.2, 0) is 9.84 Å². The molecular formula is C4H2Br4O2S. The van der Waals surface area contributed by atoms with Crippen LogP contribution in [0.15, 0.2) is 17.6 Å². The molecule has 0 amide bonds. The largest absolute Gasteiger partial charge is 0.220 e. The molecule has 0 fully saturated rings. The Hall–Kier alpha value is 1.35. The zero-order valence-corrected chi connectivity index (χ0v) is 12.1. The highest BCUT2D eigenvalue weighted by molar-refractivity contribution is 9.17. The average molecular weight is 434 g/mol. The molecule has 0 bridgehead atoms. The third-order valence-corrected chi connectivity index (χ3v) is 7.71. The van der Waals surface area contributed by atoms with Crippen LogP contribution in [0.4, 0.5) is 0 Å². The molecule has 0 rings (SSSR count). The molecule has 0 unspecified atom stereocenters. The molecule has 0 heterocycles. The fourth-order valence-corrected chi connectivity index (χ4v) is 3.81. The van der Waals surface area contributed by atoms with Crippen LogP contribution in [0.1, 0.15) is 0 Å². The van der Waals surface area contributed by atoms with Crippen molar-refractivity contribution in [1.29, 1.82) is 0 Å². The lowest BCUT2D eigenvalue weighted by molar-refractivity contribution is 0.612. The maximum absolute atomic E-state index is 11.2. The Balaban J connectivity index is 5.09. The average Bonchev–Trinajstić information content (AvgIpc) is 2.01. The van der Waals surface area contributed by atoms with Gasteiger partial charge in [0.05, 0.1) is 0 Å². The van der Waals surface area contributed by atoms with Gasteiger partial charge in [-0.2, -0.15) is 0 Å². The summed E-state index contributed by atoms with van der Waals surface area (Å²) in [6.07, 6.45) is 0. The lowest BCUT2D eigenvalue weighted by Crippen LogP contribution is -1.96. The first-order valence-electron chi connectivity index (χ1n) is 2.13.